The predicted molar refractivity (Wildman–Crippen MR) is 88.2 cm³/mol. The number of benzene rings is 1. The molecule has 1 heterocycles. The molecule has 0 saturated heterocycles. The van der Waals surface area contributed by atoms with Crippen LogP contribution in [0.15, 0.2) is 27.9 Å². The van der Waals surface area contributed by atoms with Gasteiger partial charge in [-0.2, -0.15) is 5.26 Å². The fourth-order valence-corrected chi connectivity index (χ4v) is 2.99. The molecule has 0 spiro atoms. The molecular formula is C15H12BrClN2O5. The Hall–Kier alpha value is -2.08. The summed E-state index contributed by atoms with van der Waals surface area (Å²) in [4.78, 5) is 25.5. The van der Waals surface area contributed by atoms with E-state index in [0.717, 1.165) is 0 Å². The van der Waals surface area contributed by atoms with Crippen LogP contribution in [0.25, 0.3) is 0 Å². The smallest absolute Gasteiger partial charge is 0.355 e. The summed E-state index contributed by atoms with van der Waals surface area (Å²) in [6.07, 6.45) is 0. The van der Waals surface area contributed by atoms with E-state index in [1.165, 1.54) is 31.3 Å². The average molecular weight is 416 g/mol. The van der Waals surface area contributed by atoms with Crippen LogP contribution in [0.1, 0.15) is 5.56 Å². The van der Waals surface area contributed by atoms with Gasteiger partial charge in [0.25, 0.3) is 0 Å². The molecule has 0 N–H and O–H groups in total. The fraction of sp³-hybridized carbons (Fsp3) is 0.267. The van der Waals surface area contributed by atoms with Crippen LogP contribution in [0.3, 0.4) is 0 Å². The molecule has 0 saturated carbocycles. The third kappa shape index (κ3) is 3.38. The molecule has 2 rings (SSSR count). The lowest BCUT2D eigenvalue weighted by atomic mass is 10.1. The summed E-state index contributed by atoms with van der Waals surface area (Å²) >= 11 is 9.47. The van der Waals surface area contributed by atoms with Gasteiger partial charge in [0.15, 0.2) is 0 Å². The highest BCUT2D eigenvalue weighted by molar-refractivity contribution is 9.10. The quantitative estimate of drug-likeness (QED) is 0.700. The van der Waals surface area contributed by atoms with Gasteiger partial charge < -0.3 is 19.1 Å². The second-order valence-electron chi connectivity index (χ2n) is 4.61. The maximum atomic E-state index is 12.2. The second-order valence-corrected chi connectivity index (χ2v) is 5.87. The number of esters is 2. The van der Waals surface area contributed by atoms with Crippen molar-refractivity contribution in [3.8, 4) is 6.07 Å². The van der Waals surface area contributed by atoms with E-state index >= 15 is 0 Å². The molecule has 7 nitrogen and oxygen atoms in total. The summed E-state index contributed by atoms with van der Waals surface area (Å²) in [7, 11) is 2.39. The molecule has 0 atom stereocenters. The minimum Gasteiger partial charge on any atom is -0.466 e. The molecule has 0 radical (unpaired) electrons. The Morgan fingerprint density at radius 3 is 2.58 bits per heavy atom. The molecule has 0 fully saturated rings. The molecule has 126 valence electrons. The Labute approximate surface area is 151 Å². The van der Waals surface area contributed by atoms with Gasteiger partial charge in [-0.25, -0.2) is 9.59 Å². The molecule has 1 aliphatic heterocycles. The van der Waals surface area contributed by atoms with E-state index < -0.39 is 11.9 Å². The van der Waals surface area contributed by atoms with Gasteiger partial charge in [0, 0.05) is 4.47 Å². The van der Waals surface area contributed by atoms with Gasteiger partial charge >= 0.3 is 11.9 Å². The van der Waals surface area contributed by atoms with E-state index in [4.69, 9.17) is 21.1 Å². The SMILES string of the molecule is COC(=O)C1=C(C(=O)OC)N(c2cc(C#N)c(Br)cc2Cl)COC1. The summed E-state index contributed by atoms with van der Waals surface area (Å²) < 4.78 is 15.3. The predicted octanol–water partition coefficient (Wildman–Crippen LogP) is 2.37. The maximum absolute atomic E-state index is 12.2. The molecule has 0 aromatic heterocycles. The molecule has 1 aliphatic rings. The van der Waals surface area contributed by atoms with Crippen LogP contribution in [-0.2, 0) is 23.8 Å². The molecular weight excluding hydrogens is 404 g/mol. The normalized spacial score (nSPS) is 14.2. The Morgan fingerprint density at radius 2 is 2.00 bits per heavy atom. The molecule has 0 unspecified atom stereocenters. The van der Waals surface area contributed by atoms with Crippen LogP contribution in [0.4, 0.5) is 5.69 Å². The molecule has 24 heavy (non-hydrogen) atoms. The van der Waals surface area contributed by atoms with Gasteiger partial charge in [0.05, 0.1) is 42.7 Å². The highest BCUT2D eigenvalue weighted by atomic mass is 79.9. The van der Waals surface area contributed by atoms with Crippen molar-refractivity contribution in [3.63, 3.8) is 0 Å². The van der Waals surface area contributed by atoms with E-state index in [1.54, 1.807) is 0 Å². The van der Waals surface area contributed by atoms with Crippen LogP contribution in [0.2, 0.25) is 5.02 Å². The van der Waals surface area contributed by atoms with Gasteiger partial charge in [0.2, 0.25) is 0 Å². The minimum atomic E-state index is -0.740. The van der Waals surface area contributed by atoms with Gasteiger partial charge in [-0.05, 0) is 28.1 Å². The molecule has 0 amide bonds. The zero-order chi connectivity index (χ0) is 17.9. The fourth-order valence-electron chi connectivity index (χ4n) is 2.16. The van der Waals surface area contributed by atoms with Gasteiger partial charge in [-0.15, -0.1) is 0 Å². The summed E-state index contributed by atoms with van der Waals surface area (Å²) in [5.74, 6) is -1.45. The number of hydrogen-bond acceptors (Lipinski definition) is 7. The minimum absolute atomic E-state index is 0.00749. The van der Waals surface area contributed by atoms with Crippen molar-refractivity contribution in [2.75, 3.05) is 32.5 Å². The van der Waals surface area contributed by atoms with E-state index in [9.17, 15) is 14.9 Å². The lowest BCUT2D eigenvalue weighted by molar-refractivity contribution is -0.140. The maximum Gasteiger partial charge on any atom is 0.355 e. The summed E-state index contributed by atoms with van der Waals surface area (Å²) in [6, 6.07) is 5.02. The third-order valence-electron chi connectivity index (χ3n) is 3.28. The first kappa shape index (κ1) is 18.3. The Bertz CT molecular complexity index is 772. The van der Waals surface area contributed by atoms with Crippen molar-refractivity contribution in [2.45, 2.75) is 0 Å². The summed E-state index contributed by atoms with van der Waals surface area (Å²) in [5, 5.41) is 9.44. The number of halogens is 2. The van der Waals surface area contributed by atoms with E-state index in [0.29, 0.717) is 15.7 Å². The number of anilines is 1. The van der Waals surface area contributed by atoms with Crippen molar-refractivity contribution in [2.24, 2.45) is 0 Å². The number of nitrogens with zero attached hydrogens (tertiary/aromatic N) is 2. The molecule has 0 bridgehead atoms. The number of nitriles is 1. The highest BCUT2D eigenvalue weighted by Gasteiger charge is 2.33. The van der Waals surface area contributed by atoms with Crippen molar-refractivity contribution >= 4 is 45.2 Å². The highest BCUT2D eigenvalue weighted by Crippen LogP contribution is 2.36. The number of methoxy groups -OCH3 is 2. The third-order valence-corrected chi connectivity index (χ3v) is 4.24. The largest absolute Gasteiger partial charge is 0.466 e. The second kappa shape index (κ2) is 7.66. The Kier molecular flexibility index (Phi) is 5.83. The van der Waals surface area contributed by atoms with Gasteiger partial charge in [-0.3, -0.25) is 0 Å². The number of carbonyl (C=O) groups is 2. The van der Waals surface area contributed by atoms with Crippen LogP contribution in [0.5, 0.6) is 0 Å². The van der Waals surface area contributed by atoms with E-state index in [1.807, 2.05) is 6.07 Å². The summed E-state index contributed by atoms with van der Waals surface area (Å²) in [5.41, 5.74) is 0.610. The lowest BCUT2D eigenvalue weighted by Gasteiger charge is -2.32. The zero-order valence-electron chi connectivity index (χ0n) is 12.8. The van der Waals surface area contributed by atoms with Gasteiger partial charge in [0.1, 0.15) is 18.5 Å². The Balaban J connectivity index is 2.66. The van der Waals surface area contributed by atoms with Gasteiger partial charge in [-0.1, -0.05) is 11.6 Å². The first-order chi connectivity index (χ1) is 11.4. The average Bonchev–Trinajstić information content (AvgIpc) is 2.60. The lowest BCUT2D eigenvalue weighted by Crippen LogP contribution is -2.39. The van der Waals surface area contributed by atoms with Crippen molar-refractivity contribution in [1.29, 1.82) is 5.26 Å². The molecule has 0 aliphatic carbocycles. The van der Waals surface area contributed by atoms with E-state index in [2.05, 4.69) is 20.7 Å². The monoisotopic (exact) mass is 414 g/mol. The summed E-state index contributed by atoms with van der Waals surface area (Å²) in [6.45, 7) is -0.149. The number of hydrogen-bond donors (Lipinski definition) is 0. The standard InChI is InChI=1S/C15H12BrClN2O5/c1-22-14(20)9-6-24-7-19(13(9)15(21)23-2)12-3-8(5-18)10(16)4-11(12)17/h3-4H,6-7H2,1-2H3. The zero-order valence-corrected chi connectivity index (χ0v) is 15.1. The number of ether oxygens (including phenoxy) is 3. The molecule has 1 aromatic carbocycles. The van der Waals surface area contributed by atoms with Crippen molar-refractivity contribution < 1.29 is 23.8 Å². The van der Waals surface area contributed by atoms with E-state index in [-0.39, 0.29) is 29.6 Å². The first-order valence-electron chi connectivity index (χ1n) is 6.58. The molecule has 1 aromatic rings. The van der Waals surface area contributed by atoms with Crippen LogP contribution < -0.4 is 4.90 Å². The number of rotatable bonds is 3. The van der Waals surface area contributed by atoms with Crippen molar-refractivity contribution in [3.05, 3.63) is 38.5 Å². The van der Waals surface area contributed by atoms with Crippen molar-refractivity contribution in [1.82, 2.24) is 0 Å². The topological polar surface area (TPSA) is 88.9 Å². The number of carbonyl (C=O) groups excluding carboxylic acids is 2. The Morgan fingerprint density at radius 1 is 1.33 bits per heavy atom. The van der Waals surface area contributed by atoms with Crippen LogP contribution in [0, 0.1) is 11.3 Å². The molecule has 9 heteroatoms. The van der Waals surface area contributed by atoms with Crippen LogP contribution in [-0.4, -0.2) is 39.5 Å². The first-order valence-corrected chi connectivity index (χ1v) is 7.75. The van der Waals surface area contributed by atoms with Crippen LogP contribution >= 0.6 is 27.5 Å².